The van der Waals surface area contributed by atoms with Crippen molar-refractivity contribution < 1.29 is 0 Å². The molecule has 0 atom stereocenters. The Labute approximate surface area is 234 Å². The van der Waals surface area contributed by atoms with Gasteiger partial charge in [-0.25, -0.2) is 0 Å². The van der Waals surface area contributed by atoms with Gasteiger partial charge in [0, 0.05) is 0 Å². The highest BCUT2D eigenvalue weighted by Gasteiger charge is 2.53. The van der Waals surface area contributed by atoms with Crippen LogP contribution in [0.4, 0.5) is 0 Å². The summed E-state index contributed by atoms with van der Waals surface area (Å²) in [5.41, 5.74) is 14.5. The van der Waals surface area contributed by atoms with Gasteiger partial charge in [0.05, 0.1) is 5.41 Å². The van der Waals surface area contributed by atoms with Crippen LogP contribution in [0.3, 0.4) is 0 Å². The average molecular weight is 507 g/mol. The van der Waals surface area contributed by atoms with Crippen molar-refractivity contribution in [3.05, 3.63) is 167 Å². The van der Waals surface area contributed by atoms with Gasteiger partial charge in [-0.3, -0.25) is 0 Å². The Morgan fingerprint density at radius 2 is 1.00 bits per heavy atom. The van der Waals surface area contributed by atoms with Crippen LogP contribution in [0.15, 0.2) is 140 Å². The van der Waals surface area contributed by atoms with E-state index in [1.54, 1.807) is 0 Å². The van der Waals surface area contributed by atoms with Gasteiger partial charge in [-0.2, -0.15) is 0 Å². The van der Waals surface area contributed by atoms with Gasteiger partial charge in [-0.15, -0.1) is 0 Å². The van der Waals surface area contributed by atoms with E-state index in [1.807, 2.05) is 0 Å². The van der Waals surface area contributed by atoms with Gasteiger partial charge in [-0.1, -0.05) is 139 Å². The molecule has 2 aliphatic rings. The fraction of sp³-hybridized carbons (Fsp3) is 0.0500. The van der Waals surface area contributed by atoms with E-state index >= 15 is 0 Å². The summed E-state index contributed by atoms with van der Waals surface area (Å²) in [6.07, 6.45) is 0. The molecule has 186 valence electrons. The van der Waals surface area contributed by atoms with Gasteiger partial charge >= 0.3 is 0 Å². The minimum Gasteiger partial charge on any atom is -0.0619 e. The van der Waals surface area contributed by atoms with Crippen molar-refractivity contribution in [1.82, 2.24) is 0 Å². The van der Waals surface area contributed by atoms with Gasteiger partial charge in [-0.05, 0) is 90.2 Å². The molecule has 0 bridgehead atoms. The number of rotatable bonds is 1. The van der Waals surface area contributed by atoms with Crippen LogP contribution in [-0.4, -0.2) is 0 Å². The van der Waals surface area contributed by atoms with E-state index in [-0.39, 0.29) is 5.41 Å². The maximum atomic E-state index is 2.38. The maximum absolute atomic E-state index is 2.38. The minimum absolute atomic E-state index is 0.372. The number of fused-ring (bicyclic) bond motifs is 14. The lowest BCUT2D eigenvalue weighted by Crippen LogP contribution is -2.26. The van der Waals surface area contributed by atoms with E-state index in [9.17, 15) is 0 Å². The third-order valence-electron chi connectivity index (χ3n) is 9.29. The summed E-state index contributed by atoms with van der Waals surface area (Å²) in [5.74, 6) is 0. The molecule has 0 aliphatic heterocycles. The lowest BCUT2D eigenvalue weighted by Gasteiger charge is -2.32. The smallest absolute Gasteiger partial charge is 0.0619 e. The summed E-state index contributed by atoms with van der Waals surface area (Å²) in [5, 5.41) is 5.25. The average Bonchev–Trinajstić information content (AvgIpc) is 3.48. The monoisotopic (exact) mass is 506 g/mol. The zero-order valence-corrected chi connectivity index (χ0v) is 22.3. The van der Waals surface area contributed by atoms with E-state index in [2.05, 4.69) is 146 Å². The molecule has 0 saturated carbocycles. The van der Waals surface area contributed by atoms with Crippen molar-refractivity contribution in [2.45, 2.75) is 12.3 Å². The second kappa shape index (κ2) is 7.81. The molecule has 1 spiro atoms. The molecule has 0 N–H and O–H groups in total. The maximum Gasteiger partial charge on any atom is 0.0737 e. The summed E-state index contributed by atoms with van der Waals surface area (Å²) in [6, 6.07) is 52.4. The molecular formula is C40H26. The van der Waals surface area contributed by atoms with Crippen molar-refractivity contribution in [3.63, 3.8) is 0 Å². The number of hydrogen-bond donors (Lipinski definition) is 0. The van der Waals surface area contributed by atoms with E-state index < -0.39 is 0 Å². The molecule has 7 aromatic rings. The normalized spacial score (nSPS) is 13.8. The van der Waals surface area contributed by atoms with Gasteiger partial charge < -0.3 is 0 Å². The summed E-state index contributed by atoms with van der Waals surface area (Å²) in [4.78, 5) is 0. The van der Waals surface area contributed by atoms with Crippen molar-refractivity contribution in [3.8, 4) is 33.4 Å². The molecule has 0 aromatic heterocycles. The Balaban J connectivity index is 1.46. The lowest BCUT2D eigenvalue weighted by molar-refractivity contribution is 0.809. The van der Waals surface area contributed by atoms with Gasteiger partial charge in [0.15, 0.2) is 0 Å². The predicted octanol–water partition coefficient (Wildman–Crippen LogP) is 10.3. The zero-order valence-electron chi connectivity index (χ0n) is 22.3. The van der Waals surface area contributed by atoms with Crippen LogP contribution >= 0.6 is 0 Å². The van der Waals surface area contributed by atoms with Crippen LogP contribution in [-0.2, 0) is 5.41 Å². The summed E-state index contributed by atoms with van der Waals surface area (Å²) < 4.78 is 0. The highest BCUT2D eigenvalue weighted by molar-refractivity contribution is 6.09. The van der Waals surface area contributed by atoms with E-state index in [1.165, 1.54) is 82.7 Å². The Morgan fingerprint density at radius 1 is 0.400 bits per heavy atom. The highest BCUT2D eigenvalue weighted by Crippen LogP contribution is 2.65. The Bertz CT molecular complexity index is 2130. The molecule has 0 radical (unpaired) electrons. The molecule has 0 heteroatoms. The van der Waals surface area contributed by atoms with Gasteiger partial charge in [0.25, 0.3) is 0 Å². The van der Waals surface area contributed by atoms with Crippen LogP contribution in [0.1, 0.15) is 27.8 Å². The molecule has 0 nitrogen and oxygen atoms in total. The molecule has 0 unspecified atom stereocenters. The molecule has 0 heterocycles. The highest BCUT2D eigenvalue weighted by atomic mass is 14.5. The third-order valence-corrected chi connectivity index (χ3v) is 9.29. The van der Waals surface area contributed by atoms with Crippen LogP contribution in [0, 0.1) is 6.92 Å². The van der Waals surface area contributed by atoms with Crippen LogP contribution < -0.4 is 0 Å². The van der Waals surface area contributed by atoms with Gasteiger partial charge in [0.2, 0.25) is 0 Å². The number of aryl methyl sites for hydroxylation is 1. The van der Waals surface area contributed by atoms with Crippen molar-refractivity contribution in [1.29, 1.82) is 0 Å². The number of benzene rings is 7. The first kappa shape index (κ1) is 21.9. The lowest BCUT2D eigenvalue weighted by atomic mass is 9.68. The van der Waals surface area contributed by atoms with Crippen molar-refractivity contribution >= 4 is 21.5 Å². The zero-order chi connectivity index (χ0) is 26.4. The van der Waals surface area contributed by atoms with E-state index in [0.717, 1.165) is 0 Å². The molecule has 7 aromatic carbocycles. The molecule has 0 amide bonds. The summed E-state index contributed by atoms with van der Waals surface area (Å²) >= 11 is 0. The number of hydrogen-bond acceptors (Lipinski definition) is 0. The largest absolute Gasteiger partial charge is 0.0737 e. The Hall–Kier alpha value is -4.94. The fourth-order valence-electron chi connectivity index (χ4n) is 7.76. The summed E-state index contributed by atoms with van der Waals surface area (Å²) in [6.45, 7) is 2.16. The van der Waals surface area contributed by atoms with Crippen LogP contribution in [0.25, 0.3) is 54.9 Å². The van der Waals surface area contributed by atoms with Crippen molar-refractivity contribution in [2.75, 3.05) is 0 Å². The first-order valence-corrected chi connectivity index (χ1v) is 14.1. The molecule has 0 saturated heterocycles. The molecular weight excluding hydrogens is 480 g/mol. The van der Waals surface area contributed by atoms with Crippen LogP contribution in [0.5, 0.6) is 0 Å². The van der Waals surface area contributed by atoms with Crippen LogP contribution in [0.2, 0.25) is 0 Å². The topological polar surface area (TPSA) is 0 Å². The minimum atomic E-state index is -0.372. The second-order valence-corrected chi connectivity index (χ2v) is 11.3. The first-order chi connectivity index (χ1) is 19.7. The predicted molar refractivity (Wildman–Crippen MR) is 168 cm³/mol. The SMILES string of the molecule is Cc1cccc(-c2ccc3c4c(ccc3c2)-c2ccc3ccccc3c2C42c3ccccc3-c3ccccc32)c1. The Kier molecular flexibility index (Phi) is 4.28. The van der Waals surface area contributed by atoms with Gasteiger partial charge in [0.1, 0.15) is 0 Å². The Morgan fingerprint density at radius 3 is 1.73 bits per heavy atom. The standard InChI is InChI=1S/C40H26/c1-25-9-8-11-27(23-25)28-18-20-31-29(24-28)19-22-35-34-21-17-26-10-2-3-12-30(26)38(34)40(39(31)35)36-15-6-4-13-32(36)33-14-5-7-16-37(33)40/h2-24H,1H3. The molecule has 0 fully saturated rings. The van der Waals surface area contributed by atoms with E-state index in [4.69, 9.17) is 0 Å². The molecule has 9 rings (SSSR count). The second-order valence-electron chi connectivity index (χ2n) is 11.3. The van der Waals surface area contributed by atoms with E-state index in [0.29, 0.717) is 0 Å². The molecule has 2 aliphatic carbocycles. The first-order valence-electron chi connectivity index (χ1n) is 14.1. The van der Waals surface area contributed by atoms with Crippen molar-refractivity contribution in [2.24, 2.45) is 0 Å². The quantitative estimate of drug-likeness (QED) is 0.208. The summed E-state index contributed by atoms with van der Waals surface area (Å²) in [7, 11) is 0. The fourth-order valence-corrected chi connectivity index (χ4v) is 7.76. The third kappa shape index (κ3) is 2.66. The molecule has 40 heavy (non-hydrogen) atoms.